The van der Waals surface area contributed by atoms with E-state index < -0.39 is 0 Å². The van der Waals surface area contributed by atoms with Crippen LogP contribution in [0.3, 0.4) is 0 Å². The van der Waals surface area contributed by atoms with Gasteiger partial charge in [-0.2, -0.15) is 5.10 Å². The molecule has 1 heterocycles. The molecule has 2 aromatic rings. The van der Waals surface area contributed by atoms with Crippen LogP contribution in [0.15, 0.2) is 30.3 Å². The lowest BCUT2D eigenvalue weighted by atomic mass is 10.1. The Morgan fingerprint density at radius 3 is 2.60 bits per heavy atom. The average molecular weight is 223 g/mol. The van der Waals surface area contributed by atoms with E-state index in [1.165, 1.54) is 0 Å². The molecule has 0 aliphatic rings. The van der Waals surface area contributed by atoms with E-state index in [2.05, 4.69) is 10.2 Å². The fourth-order valence-electron chi connectivity index (χ4n) is 1.40. The summed E-state index contributed by atoms with van der Waals surface area (Å²) in [6.45, 7) is -0.0306. The molecule has 0 fully saturated rings. The molecule has 0 bridgehead atoms. The average Bonchev–Trinajstić information content (AvgIpc) is 2.69. The summed E-state index contributed by atoms with van der Waals surface area (Å²) in [6, 6.07) is 9.53. The molecule has 1 aromatic heterocycles. The van der Waals surface area contributed by atoms with Crippen molar-refractivity contribution in [3.8, 4) is 0 Å². The van der Waals surface area contributed by atoms with Crippen molar-refractivity contribution in [2.24, 2.45) is 0 Å². The number of aliphatic hydroxyl groups is 1. The van der Waals surface area contributed by atoms with Gasteiger partial charge in [0.15, 0.2) is 0 Å². The zero-order valence-electron chi connectivity index (χ0n) is 8.07. The molecule has 3 nitrogen and oxygen atoms in total. The fourth-order valence-corrected chi connectivity index (χ4v) is 1.53. The van der Waals surface area contributed by atoms with Crippen LogP contribution < -0.4 is 0 Å². The number of aromatic amines is 1. The van der Waals surface area contributed by atoms with Crippen molar-refractivity contribution in [3.05, 3.63) is 52.3 Å². The quantitative estimate of drug-likeness (QED) is 0.836. The second kappa shape index (κ2) is 4.47. The Labute approximate surface area is 92.7 Å². The van der Waals surface area contributed by atoms with Gasteiger partial charge in [0.1, 0.15) is 0 Å². The predicted molar refractivity (Wildman–Crippen MR) is 58.8 cm³/mol. The second-order valence-electron chi connectivity index (χ2n) is 3.35. The molecule has 0 amide bonds. The van der Waals surface area contributed by atoms with Gasteiger partial charge in [0.05, 0.1) is 12.3 Å². The number of aliphatic hydroxyl groups excluding tert-OH is 1. The Morgan fingerprint density at radius 2 is 2.00 bits per heavy atom. The highest BCUT2D eigenvalue weighted by atomic mass is 35.5. The topological polar surface area (TPSA) is 48.9 Å². The highest BCUT2D eigenvalue weighted by Crippen LogP contribution is 2.12. The van der Waals surface area contributed by atoms with Gasteiger partial charge in [-0.3, -0.25) is 5.10 Å². The number of H-pyrrole nitrogens is 1. The summed E-state index contributed by atoms with van der Waals surface area (Å²) in [6.07, 6.45) is 0.768. The smallest absolute Gasteiger partial charge is 0.0879 e. The van der Waals surface area contributed by atoms with Gasteiger partial charge in [-0.25, -0.2) is 0 Å². The molecule has 15 heavy (non-hydrogen) atoms. The van der Waals surface area contributed by atoms with Crippen LogP contribution >= 0.6 is 11.6 Å². The SMILES string of the molecule is OCc1cc(Cc2ccc(Cl)cc2)[nH]n1. The van der Waals surface area contributed by atoms with E-state index in [1.54, 1.807) is 0 Å². The van der Waals surface area contributed by atoms with Crippen LogP contribution in [0.4, 0.5) is 0 Å². The van der Waals surface area contributed by atoms with Crippen LogP contribution in [0.1, 0.15) is 17.0 Å². The number of aromatic nitrogens is 2. The molecule has 2 N–H and O–H groups in total. The molecule has 0 saturated carbocycles. The highest BCUT2D eigenvalue weighted by molar-refractivity contribution is 6.30. The summed E-state index contributed by atoms with van der Waals surface area (Å²) in [5.41, 5.74) is 2.81. The van der Waals surface area contributed by atoms with Crippen molar-refractivity contribution in [3.63, 3.8) is 0 Å². The molecule has 0 atom stereocenters. The normalized spacial score (nSPS) is 10.5. The summed E-state index contributed by atoms with van der Waals surface area (Å²) in [7, 11) is 0. The van der Waals surface area contributed by atoms with Gasteiger partial charge < -0.3 is 5.11 Å². The maximum Gasteiger partial charge on any atom is 0.0879 e. The molecule has 4 heteroatoms. The first-order valence-corrected chi connectivity index (χ1v) is 5.04. The molecule has 0 radical (unpaired) electrons. The van der Waals surface area contributed by atoms with Gasteiger partial charge in [0, 0.05) is 17.1 Å². The van der Waals surface area contributed by atoms with Crippen LogP contribution in [0.25, 0.3) is 0 Å². The van der Waals surface area contributed by atoms with Crippen molar-refractivity contribution in [1.29, 1.82) is 0 Å². The Kier molecular flexibility index (Phi) is 3.04. The summed E-state index contributed by atoms with van der Waals surface area (Å²) >= 11 is 5.79. The number of nitrogens with one attached hydrogen (secondary N) is 1. The fraction of sp³-hybridized carbons (Fsp3) is 0.182. The summed E-state index contributed by atoms with van der Waals surface area (Å²) in [5.74, 6) is 0. The molecule has 1 aromatic carbocycles. The summed E-state index contributed by atoms with van der Waals surface area (Å²) < 4.78 is 0. The van der Waals surface area contributed by atoms with Crippen molar-refractivity contribution in [1.82, 2.24) is 10.2 Å². The van der Waals surface area contributed by atoms with E-state index in [9.17, 15) is 0 Å². The maximum absolute atomic E-state index is 8.85. The van der Waals surface area contributed by atoms with Gasteiger partial charge in [0.2, 0.25) is 0 Å². The minimum Gasteiger partial charge on any atom is -0.390 e. The molecule has 0 unspecified atom stereocenters. The van der Waals surface area contributed by atoms with E-state index in [0.29, 0.717) is 5.69 Å². The number of rotatable bonds is 3. The van der Waals surface area contributed by atoms with Gasteiger partial charge in [-0.1, -0.05) is 23.7 Å². The molecule has 0 saturated heterocycles. The zero-order chi connectivity index (χ0) is 10.7. The van der Waals surface area contributed by atoms with Gasteiger partial charge in [0.25, 0.3) is 0 Å². The van der Waals surface area contributed by atoms with E-state index in [4.69, 9.17) is 16.7 Å². The van der Waals surface area contributed by atoms with E-state index >= 15 is 0 Å². The predicted octanol–water partition coefficient (Wildman–Crippen LogP) is 2.15. The zero-order valence-corrected chi connectivity index (χ0v) is 8.83. The van der Waals surface area contributed by atoms with Gasteiger partial charge in [-0.15, -0.1) is 0 Å². The van der Waals surface area contributed by atoms with Crippen molar-refractivity contribution >= 4 is 11.6 Å². The van der Waals surface area contributed by atoms with E-state index in [-0.39, 0.29) is 6.61 Å². The third kappa shape index (κ3) is 2.58. The minimum atomic E-state index is -0.0306. The lowest BCUT2D eigenvalue weighted by molar-refractivity contribution is 0.276. The summed E-state index contributed by atoms with van der Waals surface area (Å²) in [5, 5.41) is 16.4. The van der Waals surface area contributed by atoms with Crippen LogP contribution in [-0.4, -0.2) is 15.3 Å². The largest absolute Gasteiger partial charge is 0.390 e. The number of hydrogen-bond acceptors (Lipinski definition) is 2. The van der Waals surface area contributed by atoms with Gasteiger partial charge in [-0.05, 0) is 23.8 Å². The van der Waals surface area contributed by atoms with Crippen molar-refractivity contribution in [2.75, 3.05) is 0 Å². The third-order valence-electron chi connectivity index (χ3n) is 2.15. The van der Waals surface area contributed by atoms with E-state index in [0.717, 1.165) is 22.7 Å². The molecule has 0 aliphatic carbocycles. The molecular weight excluding hydrogens is 212 g/mol. The third-order valence-corrected chi connectivity index (χ3v) is 2.41. The molecular formula is C11H11ClN2O. The van der Waals surface area contributed by atoms with E-state index in [1.807, 2.05) is 30.3 Å². The lowest BCUT2D eigenvalue weighted by Gasteiger charge is -1.98. The number of hydrogen-bond donors (Lipinski definition) is 2. The number of halogens is 1. The Bertz CT molecular complexity index is 436. The first-order chi connectivity index (χ1) is 7.28. The van der Waals surface area contributed by atoms with Crippen molar-refractivity contribution in [2.45, 2.75) is 13.0 Å². The van der Waals surface area contributed by atoms with Crippen LogP contribution in [0, 0.1) is 0 Å². The molecule has 0 spiro atoms. The number of nitrogens with zero attached hydrogens (tertiary/aromatic N) is 1. The van der Waals surface area contributed by atoms with Gasteiger partial charge >= 0.3 is 0 Å². The maximum atomic E-state index is 8.85. The Balaban J connectivity index is 2.11. The molecule has 2 rings (SSSR count). The summed E-state index contributed by atoms with van der Waals surface area (Å²) in [4.78, 5) is 0. The monoisotopic (exact) mass is 222 g/mol. The van der Waals surface area contributed by atoms with Crippen LogP contribution in [-0.2, 0) is 13.0 Å². The lowest BCUT2D eigenvalue weighted by Crippen LogP contribution is -1.87. The highest BCUT2D eigenvalue weighted by Gasteiger charge is 2.01. The molecule has 0 aliphatic heterocycles. The standard InChI is InChI=1S/C11H11ClN2O/c12-9-3-1-8(2-4-9)5-10-6-11(7-15)14-13-10/h1-4,6,15H,5,7H2,(H,13,14). The second-order valence-corrected chi connectivity index (χ2v) is 3.78. The number of benzene rings is 1. The first kappa shape index (κ1) is 10.2. The first-order valence-electron chi connectivity index (χ1n) is 4.66. The Hall–Kier alpha value is -1.32. The van der Waals surface area contributed by atoms with Crippen molar-refractivity contribution < 1.29 is 5.11 Å². The van der Waals surface area contributed by atoms with Crippen LogP contribution in [0.2, 0.25) is 5.02 Å². The minimum absolute atomic E-state index is 0.0306. The van der Waals surface area contributed by atoms with Crippen LogP contribution in [0.5, 0.6) is 0 Å². The Morgan fingerprint density at radius 1 is 1.27 bits per heavy atom. The molecule has 78 valence electrons.